The van der Waals surface area contributed by atoms with E-state index >= 15 is 0 Å². The van der Waals surface area contributed by atoms with E-state index in [-0.39, 0.29) is 25.7 Å². The van der Waals surface area contributed by atoms with Crippen LogP contribution < -0.4 is 0 Å². The van der Waals surface area contributed by atoms with Gasteiger partial charge in [-0.2, -0.15) is 0 Å². The Morgan fingerprint density at radius 3 is 0.774 bits per heavy atom. The number of carbonyl (C=O) groups is 4. The van der Waals surface area contributed by atoms with E-state index in [0.717, 1.165) is 128 Å². The summed E-state index contributed by atoms with van der Waals surface area (Å²) < 4.78 is 68.5. The Labute approximate surface area is 642 Å². The second kappa shape index (κ2) is 77.8. The third-order valence-corrected chi connectivity index (χ3v) is 18.3. The highest BCUT2D eigenvalue weighted by atomic mass is 31.2. The maximum atomic E-state index is 13.1. The summed E-state index contributed by atoms with van der Waals surface area (Å²) in [6.07, 6.45) is 90.9. The van der Waals surface area contributed by atoms with Crippen molar-refractivity contribution in [3.05, 3.63) is 158 Å². The number of carbonyl (C=O) groups excluding carboxylic acids is 4. The fraction of sp³-hybridized carbons (Fsp3) is 0.655. The van der Waals surface area contributed by atoms with E-state index in [1.165, 1.54) is 83.5 Å². The van der Waals surface area contributed by atoms with E-state index in [2.05, 4.69) is 149 Å². The predicted molar refractivity (Wildman–Crippen MR) is 436 cm³/mol. The first-order chi connectivity index (χ1) is 51.7. The number of rotatable bonds is 75. The summed E-state index contributed by atoms with van der Waals surface area (Å²) in [5.74, 6) is -2.38. The quantitative estimate of drug-likeness (QED) is 0.0169. The van der Waals surface area contributed by atoms with Gasteiger partial charge in [-0.15, -0.1) is 0 Å². The number of esters is 4. The fourth-order valence-corrected chi connectivity index (χ4v) is 11.8. The molecule has 0 radical (unpaired) electrons. The van der Waals surface area contributed by atoms with Crippen LogP contribution in [0.25, 0.3) is 0 Å². The number of aliphatic hydroxyl groups is 1. The standard InChI is InChI=1S/C87H144O17P2/c1-5-9-13-17-21-25-29-33-37-40-44-47-51-55-59-63-67-71-84(89)97-77-82(103-86(91)73-69-65-61-57-53-49-43-36-32-28-24-20-16-12-8-4)79-101-105(93,94)99-75-81(88)76-100-106(95,96)102-80-83(104-87(92)74-70-66-62-58-54-50-46-42-39-35-31-27-23-19-15-11-7-3)78-98-85(90)72-68-64-60-56-52-48-45-41-38-34-30-26-22-18-14-10-6-2/h21-23,25-28,32-35,37-39,44-48,50,55-56,58-60,62,81-83,88H,5-20,24,29-31,36,40-43,49,51-54,57,61,63-80H2,1-4H3,(H,93,94)(H,95,96)/b25-21-,26-22-,27-23-,32-28-,37-33-,38-34-,39-35-,47-44-,48-45-,50-46-,59-55-,60-56-,62-58-/t81-,82+,83+/m0/s1. The molecule has 0 aliphatic rings. The molecule has 604 valence electrons. The lowest BCUT2D eigenvalue weighted by atomic mass is 10.1. The van der Waals surface area contributed by atoms with Crippen LogP contribution >= 0.6 is 15.6 Å². The monoisotopic (exact) mass is 1520 g/mol. The Morgan fingerprint density at radius 2 is 0.472 bits per heavy atom. The van der Waals surface area contributed by atoms with Gasteiger partial charge in [0.05, 0.1) is 26.4 Å². The van der Waals surface area contributed by atoms with Gasteiger partial charge in [0, 0.05) is 25.7 Å². The van der Waals surface area contributed by atoms with Crippen LogP contribution in [-0.4, -0.2) is 96.7 Å². The first-order valence-electron chi connectivity index (χ1n) is 40.7. The van der Waals surface area contributed by atoms with Crippen molar-refractivity contribution in [2.24, 2.45) is 0 Å². The second-order valence-electron chi connectivity index (χ2n) is 26.6. The normalized spacial score (nSPS) is 14.7. The van der Waals surface area contributed by atoms with E-state index in [1.54, 1.807) is 0 Å². The smallest absolute Gasteiger partial charge is 0.462 e. The molecular formula is C87H144O17P2. The van der Waals surface area contributed by atoms with E-state index in [1.807, 2.05) is 36.5 Å². The van der Waals surface area contributed by atoms with Crippen molar-refractivity contribution in [1.29, 1.82) is 0 Å². The summed E-state index contributed by atoms with van der Waals surface area (Å²) in [6, 6.07) is 0. The van der Waals surface area contributed by atoms with Gasteiger partial charge < -0.3 is 33.8 Å². The summed E-state index contributed by atoms with van der Waals surface area (Å²) in [6.45, 7) is 4.58. The molecule has 0 aliphatic heterocycles. The van der Waals surface area contributed by atoms with E-state index in [9.17, 15) is 43.2 Å². The lowest BCUT2D eigenvalue weighted by molar-refractivity contribution is -0.161. The van der Waals surface area contributed by atoms with Gasteiger partial charge in [-0.3, -0.25) is 37.3 Å². The molecule has 0 aromatic rings. The molecule has 3 N–H and O–H groups in total. The molecule has 0 aromatic carbocycles. The van der Waals surface area contributed by atoms with Crippen molar-refractivity contribution >= 4 is 39.5 Å². The fourth-order valence-electron chi connectivity index (χ4n) is 10.2. The van der Waals surface area contributed by atoms with Gasteiger partial charge in [0.1, 0.15) is 19.3 Å². The third-order valence-electron chi connectivity index (χ3n) is 16.4. The summed E-state index contributed by atoms with van der Waals surface area (Å²) in [4.78, 5) is 73.0. The van der Waals surface area contributed by atoms with Crippen LogP contribution in [-0.2, 0) is 65.4 Å². The topological polar surface area (TPSA) is 237 Å². The first kappa shape index (κ1) is 101. The Kier molecular flexibility index (Phi) is 73.9. The van der Waals surface area contributed by atoms with Crippen molar-refractivity contribution in [3.63, 3.8) is 0 Å². The van der Waals surface area contributed by atoms with E-state index < -0.39 is 97.5 Å². The number of aliphatic hydroxyl groups excluding tert-OH is 1. The van der Waals surface area contributed by atoms with Crippen LogP contribution in [0.5, 0.6) is 0 Å². The molecular weight excluding hydrogens is 1380 g/mol. The van der Waals surface area contributed by atoms with Gasteiger partial charge in [-0.05, 0) is 167 Å². The minimum absolute atomic E-state index is 0.00132. The Bertz CT molecular complexity index is 2630. The number of ether oxygens (including phenoxy) is 4. The molecule has 0 fully saturated rings. The lowest BCUT2D eigenvalue weighted by Gasteiger charge is -2.21. The molecule has 0 aromatic heterocycles. The highest BCUT2D eigenvalue weighted by molar-refractivity contribution is 7.47. The predicted octanol–water partition coefficient (Wildman–Crippen LogP) is 24.0. The van der Waals surface area contributed by atoms with Gasteiger partial charge in [-0.25, -0.2) is 9.13 Å². The molecule has 0 bridgehead atoms. The largest absolute Gasteiger partial charge is 0.472 e. The number of phosphoric acid groups is 2. The first-order valence-corrected chi connectivity index (χ1v) is 43.7. The van der Waals surface area contributed by atoms with Crippen LogP contribution in [0.3, 0.4) is 0 Å². The van der Waals surface area contributed by atoms with E-state index in [0.29, 0.717) is 44.9 Å². The second-order valence-corrected chi connectivity index (χ2v) is 29.5. The molecule has 0 spiro atoms. The zero-order valence-corrected chi connectivity index (χ0v) is 67.8. The maximum Gasteiger partial charge on any atom is 0.472 e. The van der Waals surface area contributed by atoms with Crippen molar-refractivity contribution in [1.82, 2.24) is 0 Å². The molecule has 17 nitrogen and oxygen atoms in total. The zero-order chi connectivity index (χ0) is 77.4. The third kappa shape index (κ3) is 76.9. The molecule has 2 unspecified atom stereocenters. The van der Waals surface area contributed by atoms with Crippen LogP contribution in [0, 0.1) is 0 Å². The Morgan fingerprint density at radius 1 is 0.264 bits per heavy atom. The molecule has 0 aliphatic carbocycles. The molecule has 0 heterocycles. The van der Waals surface area contributed by atoms with Gasteiger partial charge in [0.15, 0.2) is 12.2 Å². The number of allylic oxidation sites excluding steroid dienone is 26. The van der Waals surface area contributed by atoms with E-state index in [4.69, 9.17) is 37.0 Å². The molecule has 5 atom stereocenters. The van der Waals surface area contributed by atoms with Gasteiger partial charge in [0.2, 0.25) is 0 Å². The Hall–Kier alpha value is -5.32. The maximum absolute atomic E-state index is 13.1. The number of hydrogen-bond donors (Lipinski definition) is 3. The van der Waals surface area contributed by atoms with Gasteiger partial charge in [-0.1, -0.05) is 276 Å². The molecule has 0 saturated carbocycles. The summed E-state index contributed by atoms with van der Waals surface area (Å²) >= 11 is 0. The summed E-state index contributed by atoms with van der Waals surface area (Å²) in [5, 5.41) is 10.6. The van der Waals surface area contributed by atoms with Crippen LogP contribution in [0.1, 0.15) is 310 Å². The SMILES string of the molecule is CCCCC/C=C\C/C=C\C/C=C\C/C=C\CCCC(=O)OC[C@H](COP(=O)(O)OC[C@@H](O)COP(=O)(O)OC[C@@H](COC(=O)CCC/C=C\C/C=C\C/C=C\C/C=C\CCCCC)OC(=O)CCCCCCCCC/C=C\CCCCCC)OC(=O)CCC/C=C\C/C=C\C/C=C\C/C=C\CCCCC. The van der Waals surface area contributed by atoms with Crippen molar-refractivity contribution in [2.45, 2.75) is 329 Å². The highest BCUT2D eigenvalue weighted by Crippen LogP contribution is 2.45. The minimum atomic E-state index is -5.01. The minimum Gasteiger partial charge on any atom is -0.462 e. The Balaban J connectivity index is 5.53. The number of hydrogen-bond acceptors (Lipinski definition) is 15. The van der Waals surface area contributed by atoms with Crippen LogP contribution in [0.2, 0.25) is 0 Å². The summed E-state index contributed by atoms with van der Waals surface area (Å²) in [5.41, 5.74) is 0. The number of phosphoric ester groups is 2. The molecule has 106 heavy (non-hydrogen) atoms. The van der Waals surface area contributed by atoms with Crippen LogP contribution in [0.15, 0.2) is 158 Å². The molecule has 0 rings (SSSR count). The van der Waals surface area contributed by atoms with Gasteiger partial charge in [0.25, 0.3) is 0 Å². The van der Waals surface area contributed by atoms with Gasteiger partial charge >= 0.3 is 39.5 Å². The zero-order valence-electron chi connectivity index (χ0n) is 66.1. The average Bonchev–Trinajstić information content (AvgIpc) is 0.902. The molecule has 19 heteroatoms. The average molecular weight is 1520 g/mol. The molecule has 0 amide bonds. The van der Waals surface area contributed by atoms with Crippen molar-refractivity contribution < 1.29 is 80.2 Å². The molecule has 0 saturated heterocycles. The summed E-state index contributed by atoms with van der Waals surface area (Å²) in [7, 11) is -10.0. The lowest BCUT2D eigenvalue weighted by Crippen LogP contribution is -2.30. The number of unbranched alkanes of at least 4 members (excludes halogenated alkanes) is 23. The van der Waals surface area contributed by atoms with Crippen LogP contribution in [0.4, 0.5) is 0 Å². The highest BCUT2D eigenvalue weighted by Gasteiger charge is 2.30. The van der Waals surface area contributed by atoms with Crippen molar-refractivity contribution in [2.75, 3.05) is 39.6 Å². The van der Waals surface area contributed by atoms with Crippen molar-refractivity contribution in [3.8, 4) is 0 Å².